The maximum Gasteiger partial charge on any atom is 0.274 e. The van der Waals surface area contributed by atoms with E-state index in [0.29, 0.717) is 22.6 Å². The summed E-state index contributed by atoms with van der Waals surface area (Å²) in [5.41, 5.74) is 7.72. The Bertz CT molecular complexity index is 728. The number of nitrogens with zero attached hydrogens (tertiary/aromatic N) is 2. The van der Waals surface area contributed by atoms with E-state index in [4.69, 9.17) is 5.73 Å². The molecular formula is C14H14N4O3. The third-order valence-corrected chi connectivity index (χ3v) is 3.07. The van der Waals surface area contributed by atoms with Crippen LogP contribution in [0.15, 0.2) is 30.5 Å². The summed E-state index contributed by atoms with van der Waals surface area (Å²) in [5, 5.41) is 13.5. The average Bonchev–Trinajstić information content (AvgIpc) is 2.40. The number of rotatable bonds is 3. The minimum Gasteiger partial charge on any atom is -0.398 e. The summed E-state index contributed by atoms with van der Waals surface area (Å²) in [6.45, 7) is 3.34. The lowest BCUT2D eigenvalue weighted by Crippen LogP contribution is -2.15. The Morgan fingerprint density at radius 1 is 1.38 bits per heavy atom. The summed E-state index contributed by atoms with van der Waals surface area (Å²) < 4.78 is 0. The van der Waals surface area contributed by atoms with E-state index in [9.17, 15) is 14.9 Å². The van der Waals surface area contributed by atoms with Crippen molar-refractivity contribution in [2.75, 3.05) is 11.1 Å². The molecule has 108 valence electrons. The predicted octanol–water partition coefficient (Wildman–Crippen LogP) is 2.44. The van der Waals surface area contributed by atoms with E-state index in [1.807, 2.05) is 0 Å². The number of nitrogens with one attached hydrogen (secondary N) is 1. The average molecular weight is 286 g/mol. The molecule has 0 radical (unpaired) electrons. The number of aromatic nitrogens is 1. The van der Waals surface area contributed by atoms with E-state index in [1.54, 1.807) is 26.0 Å². The number of hydrogen-bond acceptors (Lipinski definition) is 5. The molecule has 21 heavy (non-hydrogen) atoms. The monoisotopic (exact) mass is 286 g/mol. The number of carbonyl (C=O) groups excluding carboxylic acids is 1. The molecule has 0 aliphatic heterocycles. The number of carbonyl (C=O) groups is 1. The van der Waals surface area contributed by atoms with Crippen molar-refractivity contribution in [2.45, 2.75) is 13.8 Å². The van der Waals surface area contributed by atoms with Gasteiger partial charge in [-0.3, -0.25) is 19.9 Å². The minimum atomic E-state index is -0.493. The van der Waals surface area contributed by atoms with Crippen molar-refractivity contribution in [3.05, 3.63) is 57.4 Å². The highest BCUT2D eigenvalue weighted by Gasteiger charge is 2.16. The molecule has 0 atom stereocenters. The van der Waals surface area contributed by atoms with Crippen LogP contribution in [0.5, 0.6) is 0 Å². The Morgan fingerprint density at radius 3 is 2.71 bits per heavy atom. The molecule has 2 aromatic rings. The molecule has 0 bridgehead atoms. The molecule has 0 aliphatic carbocycles. The van der Waals surface area contributed by atoms with Crippen LogP contribution in [-0.4, -0.2) is 15.8 Å². The van der Waals surface area contributed by atoms with Crippen LogP contribution in [0.1, 0.15) is 21.6 Å². The van der Waals surface area contributed by atoms with Crippen LogP contribution >= 0.6 is 0 Å². The van der Waals surface area contributed by atoms with Gasteiger partial charge in [0.1, 0.15) is 0 Å². The van der Waals surface area contributed by atoms with Gasteiger partial charge in [0.25, 0.3) is 11.6 Å². The maximum absolute atomic E-state index is 12.2. The fourth-order valence-corrected chi connectivity index (χ4v) is 1.92. The summed E-state index contributed by atoms with van der Waals surface area (Å²) in [6.07, 6.45) is 1.38. The first-order valence-corrected chi connectivity index (χ1v) is 6.17. The van der Waals surface area contributed by atoms with Crippen molar-refractivity contribution in [3.8, 4) is 0 Å². The number of aryl methyl sites for hydroxylation is 1. The molecule has 2 rings (SSSR count). The van der Waals surface area contributed by atoms with Crippen LogP contribution in [0, 0.1) is 24.0 Å². The highest BCUT2D eigenvalue weighted by molar-refractivity contribution is 6.08. The fourth-order valence-electron chi connectivity index (χ4n) is 1.92. The van der Waals surface area contributed by atoms with Gasteiger partial charge < -0.3 is 11.1 Å². The summed E-state index contributed by atoms with van der Waals surface area (Å²) >= 11 is 0. The Kier molecular flexibility index (Phi) is 3.84. The van der Waals surface area contributed by atoms with E-state index in [2.05, 4.69) is 10.3 Å². The van der Waals surface area contributed by atoms with Crippen LogP contribution < -0.4 is 11.1 Å². The molecule has 0 aliphatic rings. The van der Waals surface area contributed by atoms with Crippen molar-refractivity contribution in [2.24, 2.45) is 0 Å². The van der Waals surface area contributed by atoms with Gasteiger partial charge in [0.15, 0.2) is 0 Å². The zero-order valence-electron chi connectivity index (χ0n) is 11.6. The molecule has 3 N–H and O–H groups in total. The molecule has 0 fully saturated rings. The predicted molar refractivity (Wildman–Crippen MR) is 79.2 cm³/mol. The Morgan fingerprint density at radius 2 is 2.10 bits per heavy atom. The number of hydrogen-bond donors (Lipinski definition) is 2. The van der Waals surface area contributed by atoms with Gasteiger partial charge in [-0.05, 0) is 26.0 Å². The first-order chi connectivity index (χ1) is 9.90. The summed E-state index contributed by atoms with van der Waals surface area (Å²) in [4.78, 5) is 26.6. The van der Waals surface area contributed by atoms with E-state index in [1.165, 1.54) is 18.3 Å². The Hall–Kier alpha value is -2.96. The van der Waals surface area contributed by atoms with Gasteiger partial charge in [-0.15, -0.1) is 0 Å². The van der Waals surface area contributed by atoms with Crippen LogP contribution in [0.3, 0.4) is 0 Å². The number of nitro groups is 1. The van der Waals surface area contributed by atoms with E-state index in [0.717, 1.165) is 0 Å². The Balaban J connectivity index is 2.32. The normalized spacial score (nSPS) is 10.2. The molecule has 7 heteroatoms. The minimum absolute atomic E-state index is 0.0530. The standard InChI is InChI=1S/C14H14N4O3/c1-8-6-11(15)10(7-16-8)14(19)17-12-4-3-5-13(9(12)2)18(20)21/h3-7H,1-2H3,(H2,15,16)(H,17,19). The molecule has 0 saturated heterocycles. The first-order valence-electron chi connectivity index (χ1n) is 6.17. The lowest BCUT2D eigenvalue weighted by Gasteiger charge is -2.10. The summed E-state index contributed by atoms with van der Waals surface area (Å²) in [7, 11) is 0. The van der Waals surface area contributed by atoms with Gasteiger partial charge >= 0.3 is 0 Å². The molecule has 1 aromatic carbocycles. The van der Waals surface area contributed by atoms with Crippen LogP contribution in [-0.2, 0) is 0 Å². The van der Waals surface area contributed by atoms with E-state index in [-0.39, 0.29) is 11.3 Å². The second-order valence-corrected chi connectivity index (χ2v) is 4.57. The molecule has 7 nitrogen and oxygen atoms in total. The Labute approximate surface area is 121 Å². The second kappa shape index (κ2) is 5.58. The zero-order chi connectivity index (χ0) is 15.6. The number of nitro benzene ring substituents is 1. The summed E-state index contributed by atoms with van der Waals surface area (Å²) in [6, 6.07) is 6.08. The number of nitrogens with two attached hydrogens (primary N) is 1. The van der Waals surface area contributed by atoms with Crippen LogP contribution in [0.25, 0.3) is 0 Å². The molecule has 1 amide bonds. The quantitative estimate of drug-likeness (QED) is 0.665. The summed E-state index contributed by atoms with van der Waals surface area (Å²) in [5.74, 6) is -0.455. The number of pyridine rings is 1. The maximum atomic E-state index is 12.2. The van der Waals surface area contributed by atoms with Crippen LogP contribution in [0.2, 0.25) is 0 Å². The van der Waals surface area contributed by atoms with Crippen molar-refractivity contribution >= 4 is 23.0 Å². The number of anilines is 2. The lowest BCUT2D eigenvalue weighted by molar-refractivity contribution is -0.385. The highest BCUT2D eigenvalue weighted by atomic mass is 16.6. The molecule has 0 spiro atoms. The fraction of sp³-hybridized carbons (Fsp3) is 0.143. The van der Waals surface area contributed by atoms with Crippen molar-refractivity contribution in [3.63, 3.8) is 0 Å². The van der Waals surface area contributed by atoms with Gasteiger partial charge in [-0.25, -0.2) is 0 Å². The third kappa shape index (κ3) is 2.97. The van der Waals surface area contributed by atoms with Crippen molar-refractivity contribution in [1.29, 1.82) is 0 Å². The largest absolute Gasteiger partial charge is 0.398 e. The molecule has 0 saturated carbocycles. The highest BCUT2D eigenvalue weighted by Crippen LogP contribution is 2.25. The van der Waals surface area contributed by atoms with E-state index >= 15 is 0 Å². The van der Waals surface area contributed by atoms with Crippen molar-refractivity contribution in [1.82, 2.24) is 4.98 Å². The topological polar surface area (TPSA) is 111 Å². The van der Waals surface area contributed by atoms with Gasteiger partial charge in [-0.1, -0.05) is 6.07 Å². The van der Waals surface area contributed by atoms with Gasteiger partial charge in [-0.2, -0.15) is 0 Å². The second-order valence-electron chi connectivity index (χ2n) is 4.57. The number of amides is 1. The zero-order valence-corrected chi connectivity index (χ0v) is 11.6. The molecule has 1 heterocycles. The molecular weight excluding hydrogens is 272 g/mol. The first kappa shape index (κ1) is 14.4. The van der Waals surface area contributed by atoms with Gasteiger partial charge in [0.2, 0.25) is 0 Å². The van der Waals surface area contributed by atoms with Crippen LogP contribution in [0.4, 0.5) is 17.1 Å². The number of benzene rings is 1. The van der Waals surface area contributed by atoms with Gasteiger partial charge in [0.05, 0.1) is 21.7 Å². The number of nitrogen functional groups attached to an aromatic ring is 1. The lowest BCUT2D eigenvalue weighted by atomic mass is 10.1. The third-order valence-electron chi connectivity index (χ3n) is 3.07. The smallest absolute Gasteiger partial charge is 0.274 e. The van der Waals surface area contributed by atoms with E-state index < -0.39 is 10.8 Å². The molecule has 0 unspecified atom stereocenters. The van der Waals surface area contributed by atoms with Gasteiger partial charge in [0, 0.05) is 23.6 Å². The molecule has 1 aromatic heterocycles. The van der Waals surface area contributed by atoms with Crippen molar-refractivity contribution < 1.29 is 9.72 Å². The SMILES string of the molecule is Cc1cc(N)c(C(=O)Nc2cccc([N+](=O)[O-])c2C)cn1.